The summed E-state index contributed by atoms with van der Waals surface area (Å²) in [5.41, 5.74) is 5.41. The molecule has 2 aromatic carbocycles. The molecule has 0 spiro atoms. The van der Waals surface area contributed by atoms with Crippen molar-refractivity contribution in [1.82, 2.24) is 0 Å². The van der Waals surface area contributed by atoms with E-state index in [1.807, 2.05) is 31.2 Å². The van der Waals surface area contributed by atoms with Gasteiger partial charge in [0.25, 0.3) is 0 Å². The molecule has 2 aromatic rings. The van der Waals surface area contributed by atoms with Crippen molar-refractivity contribution in [3.05, 3.63) is 41.5 Å². The minimum atomic E-state index is -0.167. The van der Waals surface area contributed by atoms with Gasteiger partial charge in [0.1, 0.15) is 11.9 Å². The molecule has 7 heteroatoms. The van der Waals surface area contributed by atoms with Crippen LogP contribution in [0.2, 0.25) is 0 Å². The molecular weight excluding hydrogens is 344 g/mol. The van der Waals surface area contributed by atoms with Gasteiger partial charge in [-0.3, -0.25) is 9.59 Å². The molecule has 7 nitrogen and oxygen atoms in total. The van der Waals surface area contributed by atoms with E-state index in [1.54, 1.807) is 13.2 Å². The number of benzene rings is 2. The van der Waals surface area contributed by atoms with Crippen LogP contribution in [0, 0.1) is 0 Å². The molecule has 0 bridgehead atoms. The van der Waals surface area contributed by atoms with Crippen molar-refractivity contribution in [3.63, 3.8) is 0 Å². The lowest BCUT2D eigenvalue weighted by molar-refractivity contribution is -0.117. The monoisotopic (exact) mass is 366 g/mol. The van der Waals surface area contributed by atoms with Crippen molar-refractivity contribution in [2.75, 3.05) is 28.4 Å². The lowest BCUT2D eigenvalue weighted by Gasteiger charge is -2.17. The molecule has 2 amide bonds. The molecular formula is C20H22N4O3. The molecule has 0 aromatic heterocycles. The average Bonchev–Trinajstić information content (AvgIpc) is 3.17. The minimum Gasteiger partial charge on any atom is -0.496 e. The van der Waals surface area contributed by atoms with Gasteiger partial charge in [0.05, 0.1) is 24.4 Å². The van der Waals surface area contributed by atoms with Gasteiger partial charge in [0.15, 0.2) is 0 Å². The van der Waals surface area contributed by atoms with Gasteiger partial charge in [-0.2, -0.15) is 0 Å². The first-order chi connectivity index (χ1) is 13.0. The number of hydrogen-bond acceptors (Lipinski definition) is 5. The van der Waals surface area contributed by atoms with Crippen LogP contribution in [-0.4, -0.2) is 18.9 Å². The number of hydrogen-bond donors (Lipinski definition) is 4. The molecule has 0 saturated carbocycles. The van der Waals surface area contributed by atoms with Crippen molar-refractivity contribution < 1.29 is 14.3 Å². The summed E-state index contributed by atoms with van der Waals surface area (Å²) in [6.45, 7) is 3.49. The Hall–Kier alpha value is -3.22. The van der Waals surface area contributed by atoms with Crippen LogP contribution in [0.3, 0.4) is 0 Å². The van der Waals surface area contributed by atoms with E-state index in [-0.39, 0.29) is 23.9 Å². The third-order valence-corrected chi connectivity index (χ3v) is 5.01. The van der Waals surface area contributed by atoms with E-state index in [0.29, 0.717) is 11.4 Å². The molecule has 2 aliphatic rings. The van der Waals surface area contributed by atoms with Gasteiger partial charge < -0.3 is 26.0 Å². The second-order valence-electron chi connectivity index (χ2n) is 6.79. The molecule has 0 aliphatic carbocycles. The van der Waals surface area contributed by atoms with Crippen LogP contribution in [0.1, 0.15) is 43.5 Å². The van der Waals surface area contributed by atoms with E-state index in [1.165, 1.54) is 6.92 Å². The van der Waals surface area contributed by atoms with Crippen LogP contribution < -0.4 is 26.0 Å². The van der Waals surface area contributed by atoms with Crippen LogP contribution in [-0.2, 0) is 9.59 Å². The molecule has 2 heterocycles. The number of rotatable bonds is 4. The molecule has 27 heavy (non-hydrogen) atoms. The Morgan fingerprint density at radius 3 is 2.52 bits per heavy atom. The van der Waals surface area contributed by atoms with Gasteiger partial charge in [-0.25, -0.2) is 0 Å². The molecule has 0 radical (unpaired) electrons. The predicted octanol–water partition coefficient (Wildman–Crippen LogP) is 3.64. The molecule has 2 aliphatic heterocycles. The maximum Gasteiger partial charge on any atom is 0.231 e. The number of fused-ring (bicyclic) bond motifs is 2. The maximum absolute atomic E-state index is 12.1. The Morgan fingerprint density at radius 2 is 1.85 bits per heavy atom. The Kier molecular flexibility index (Phi) is 4.14. The number of carbonyl (C=O) groups excluding carboxylic acids is 2. The van der Waals surface area contributed by atoms with Gasteiger partial charge in [0.2, 0.25) is 11.8 Å². The summed E-state index contributed by atoms with van der Waals surface area (Å²) >= 11 is 0. The highest BCUT2D eigenvalue weighted by Crippen LogP contribution is 2.45. The zero-order valence-electron chi connectivity index (χ0n) is 15.5. The number of anilines is 4. The standard InChI is InChI=1S/C20H22N4O3/c1-4-12-14-8-16-17(9-15(14)24-20(12)26)23-19(22-16)13-6-5-11(21-10(2)25)7-18(13)27-3/h5-9,12,19,22-23H,4H2,1-3H3,(H,21,25)(H,24,26). The second kappa shape index (κ2) is 6.50. The second-order valence-corrected chi connectivity index (χ2v) is 6.79. The van der Waals surface area contributed by atoms with Gasteiger partial charge in [0, 0.05) is 29.9 Å². The first-order valence-corrected chi connectivity index (χ1v) is 8.97. The summed E-state index contributed by atoms with van der Waals surface area (Å²) < 4.78 is 5.52. The zero-order valence-corrected chi connectivity index (χ0v) is 15.5. The third kappa shape index (κ3) is 2.95. The molecule has 4 N–H and O–H groups in total. The third-order valence-electron chi connectivity index (χ3n) is 5.01. The van der Waals surface area contributed by atoms with E-state index >= 15 is 0 Å². The van der Waals surface area contributed by atoms with E-state index in [0.717, 1.165) is 34.6 Å². The number of methoxy groups -OCH3 is 1. The average molecular weight is 366 g/mol. The summed E-state index contributed by atoms with van der Waals surface area (Å²) in [4.78, 5) is 23.3. The number of amides is 2. The predicted molar refractivity (Wildman–Crippen MR) is 105 cm³/mol. The first-order valence-electron chi connectivity index (χ1n) is 8.97. The van der Waals surface area contributed by atoms with E-state index in [2.05, 4.69) is 21.3 Å². The zero-order chi connectivity index (χ0) is 19.1. The summed E-state index contributed by atoms with van der Waals surface area (Å²) in [6, 6.07) is 9.59. The largest absolute Gasteiger partial charge is 0.496 e. The quantitative estimate of drug-likeness (QED) is 0.663. The Balaban J connectivity index is 1.62. The highest BCUT2D eigenvalue weighted by molar-refractivity contribution is 6.04. The summed E-state index contributed by atoms with van der Waals surface area (Å²) in [5.74, 6) is 0.503. The van der Waals surface area contributed by atoms with Crippen molar-refractivity contribution in [1.29, 1.82) is 0 Å². The van der Waals surface area contributed by atoms with Gasteiger partial charge >= 0.3 is 0 Å². The smallest absolute Gasteiger partial charge is 0.231 e. The number of ether oxygens (including phenoxy) is 1. The Morgan fingerprint density at radius 1 is 1.11 bits per heavy atom. The highest BCUT2D eigenvalue weighted by atomic mass is 16.5. The normalized spacial score (nSPS) is 19.4. The number of nitrogens with one attached hydrogen (secondary N) is 4. The maximum atomic E-state index is 12.1. The van der Waals surface area contributed by atoms with E-state index in [9.17, 15) is 9.59 Å². The fourth-order valence-corrected chi connectivity index (χ4v) is 3.75. The van der Waals surface area contributed by atoms with Crippen LogP contribution in [0.5, 0.6) is 5.75 Å². The van der Waals surface area contributed by atoms with Crippen LogP contribution in [0.4, 0.5) is 22.7 Å². The fraction of sp³-hybridized carbons (Fsp3) is 0.300. The summed E-state index contributed by atoms with van der Waals surface area (Å²) in [6.07, 6.45) is 0.604. The van der Waals surface area contributed by atoms with Crippen LogP contribution in [0.15, 0.2) is 30.3 Å². The Labute approximate surface area is 157 Å². The van der Waals surface area contributed by atoms with Crippen LogP contribution in [0.25, 0.3) is 0 Å². The summed E-state index contributed by atoms with van der Waals surface area (Å²) in [5, 5.41) is 12.6. The minimum absolute atomic E-state index is 0.0583. The van der Waals surface area contributed by atoms with E-state index in [4.69, 9.17) is 4.74 Å². The van der Waals surface area contributed by atoms with Gasteiger partial charge in [-0.05, 0) is 36.2 Å². The highest BCUT2D eigenvalue weighted by Gasteiger charge is 2.33. The summed E-state index contributed by atoms with van der Waals surface area (Å²) in [7, 11) is 1.61. The molecule has 140 valence electrons. The van der Waals surface area contributed by atoms with Crippen LogP contribution >= 0.6 is 0 Å². The van der Waals surface area contributed by atoms with Gasteiger partial charge in [-0.1, -0.05) is 6.92 Å². The molecule has 4 rings (SSSR count). The van der Waals surface area contributed by atoms with Crippen molar-refractivity contribution >= 4 is 34.6 Å². The van der Waals surface area contributed by atoms with Crippen molar-refractivity contribution in [2.45, 2.75) is 32.4 Å². The SMILES string of the molecule is CCC1C(=O)Nc2cc3c(cc21)NC(c1ccc(NC(C)=O)cc1OC)N3. The topological polar surface area (TPSA) is 91.5 Å². The molecule has 2 atom stereocenters. The van der Waals surface area contributed by atoms with Gasteiger partial charge in [-0.15, -0.1) is 0 Å². The number of carbonyl (C=O) groups is 2. The lowest BCUT2D eigenvalue weighted by atomic mass is 9.97. The van der Waals surface area contributed by atoms with E-state index < -0.39 is 0 Å². The Bertz CT molecular complexity index is 941. The first kappa shape index (κ1) is 17.2. The lowest BCUT2D eigenvalue weighted by Crippen LogP contribution is -2.14. The fourth-order valence-electron chi connectivity index (χ4n) is 3.75. The molecule has 0 fully saturated rings. The van der Waals surface area contributed by atoms with Crippen molar-refractivity contribution in [3.8, 4) is 5.75 Å². The van der Waals surface area contributed by atoms with Crippen molar-refractivity contribution in [2.24, 2.45) is 0 Å². The molecule has 2 unspecified atom stereocenters. The molecule has 0 saturated heterocycles.